The Morgan fingerprint density at radius 2 is 2.05 bits per heavy atom. The van der Waals surface area contributed by atoms with Crippen LogP contribution in [-0.4, -0.2) is 28.6 Å². The summed E-state index contributed by atoms with van der Waals surface area (Å²) in [5, 5.41) is 2.69. The van der Waals surface area contributed by atoms with Gasteiger partial charge in [-0.3, -0.25) is 9.59 Å². The summed E-state index contributed by atoms with van der Waals surface area (Å²) >= 11 is 2.84. The average molecular weight is 315 g/mol. The first-order chi connectivity index (χ1) is 9.29. The quantitative estimate of drug-likeness (QED) is 0.750. The molecule has 1 heterocycles. The highest BCUT2D eigenvalue weighted by molar-refractivity contribution is 8.02. The summed E-state index contributed by atoms with van der Waals surface area (Å²) in [6.45, 7) is 8.48. The minimum absolute atomic E-state index is 0.00741. The zero-order chi connectivity index (χ0) is 15.3. The first-order valence-electron chi connectivity index (χ1n) is 6.48. The maximum atomic E-state index is 11.9. The summed E-state index contributed by atoms with van der Waals surface area (Å²) in [5.41, 5.74) is 6.00. The van der Waals surface area contributed by atoms with Gasteiger partial charge in [-0.05, 0) is 19.8 Å². The summed E-state index contributed by atoms with van der Waals surface area (Å²) in [6, 6.07) is 0. The van der Waals surface area contributed by atoms with Crippen molar-refractivity contribution in [2.75, 3.05) is 6.54 Å². The lowest BCUT2D eigenvalue weighted by molar-refractivity contribution is -0.120. The van der Waals surface area contributed by atoms with Crippen LogP contribution in [-0.2, 0) is 16.0 Å². The second kappa shape index (κ2) is 7.64. The van der Waals surface area contributed by atoms with Crippen LogP contribution in [0.15, 0.2) is 4.34 Å². The van der Waals surface area contributed by atoms with Gasteiger partial charge in [-0.1, -0.05) is 25.6 Å². The summed E-state index contributed by atoms with van der Waals surface area (Å²) in [7, 11) is 0. The molecule has 0 saturated heterocycles. The molecule has 1 aromatic heterocycles. The van der Waals surface area contributed by atoms with Crippen LogP contribution >= 0.6 is 23.1 Å². The van der Waals surface area contributed by atoms with E-state index in [0.717, 1.165) is 14.9 Å². The maximum absolute atomic E-state index is 11.9. The van der Waals surface area contributed by atoms with Gasteiger partial charge < -0.3 is 11.1 Å². The zero-order valence-corrected chi connectivity index (χ0v) is 13.9. The molecule has 0 bridgehead atoms. The lowest BCUT2D eigenvalue weighted by atomic mass is 10.2. The molecule has 2 amide bonds. The number of carbonyl (C=O) groups is 2. The van der Waals surface area contributed by atoms with E-state index in [1.54, 1.807) is 0 Å². The van der Waals surface area contributed by atoms with E-state index in [9.17, 15) is 9.59 Å². The number of aromatic nitrogens is 1. The van der Waals surface area contributed by atoms with Crippen LogP contribution in [0.3, 0.4) is 0 Å². The summed E-state index contributed by atoms with van der Waals surface area (Å²) in [5.74, 6) is 0.0736. The topological polar surface area (TPSA) is 85.1 Å². The van der Waals surface area contributed by atoms with Gasteiger partial charge in [0.25, 0.3) is 0 Å². The zero-order valence-electron chi connectivity index (χ0n) is 12.2. The van der Waals surface area contributed by atoms with Crippen LogP contribution in [0.25, 0.3) is 0 Å². The van der Waals surface area contributed by atoms with Gasteiger partial charge in [0.15, 0.2) is 4.34 Å². The number of nitrogens with zero attached hydrogens (tertiary/aromatic N) is 1. The Morgan fingerprint density at radius 1 is 1.40 bits per heavy atom. The third-order valence-corrected chi connectivity index (χ3v) is 4.89. The molecule has 0 aromatic carbocycles. The number of nitrogens with two attached hydrogens (primary N) is 1. The fourth-order valence-electron chi connectivity index (χ4n) is 1.43. The Morgan fingerprint density at radius 3 is 2.60 bits per heavy atom. The number of thiazole rings is 1. The number of nitrogens with one attached hydrogen (secondary N) is 1. The first kappa shape index (κ1) is 17.0. The summed E-state index contributed by atoms with van der Waals surface area (Å²) in [6.07, 6.45) is 0.206. The molecule has 0 fully saturated rings. The van der Waals surface area contributed by atoms with E-state index in [2.05, 4.69) is 24.1 Å². The smallest absolute Gasteiger partial charge is 0.233 e. The molecule has 1 unspecified atom stereocenters. The Hall–Kier alpha value is -1.08. The SMILES string of the molecule is Cc1nc(SC(C)C(=O)NCC(C)C)sc1CC(N)=O. The van der Waals surface area contributed by atoms with Crippen LogP contribution in [0.1, 0.15) is 31.3 Å². The molecule has 7 heteroatoms. The normalized spacial score (nSPS) is 12.4. The molecule has 0 aliphatic heterocycles. The van der Waals surface area contributed by atoms with Crippen LogP contribution in [0.2, 0.25) is 0 Å². The van der Waals surface area contributed by atoms with Crippen molar-refractivity contribution in [2.45, 2.75) is 43.7 Å². The van der Waals surface area contributed by atoms with E-state index in [1.807, 2.05) is 13.8 Å². The molecule has 112 valence electrons. The molecule has 20 heavy (non-hydrogen) atoms. The highest BCUT2D eigenvalue weighted by Gasteiger charge is 2.18. The van der Waals surface area contributed by atoms with Gasteiger partial charge in [0.1, 0.15) is 0 Å². The predicted molar refractivity (Wildman–Crippen MR) is 82.9 cm³/mol. The molecule has 3 N–H and O–H groups in total. The van der Waals surface area contributed by atoms with Crippen molar-refractivity contribution in [2.24, 2.45) is 11.7 Å². The van der Waals surface area contributed by atoms with E-state index < -0.39 is 0 Å². The average Bonchev–Trinajstić information content (AvgIpc) is 2.65. The third-order valence-electron chi connectivity index (χ3n) is 2.54. The lowest BCUT2D eigenvalue weighted by Crippen LogP contribution is -2.33. The largest absolute Gasteiger partial charge is 0.369 e. The van der Waals surface area contributed by atoms with Crippen molar-refractivity contribution in [3.05, 3.63) is 10.6 Å². The Kier molecular flexibility index (Phi) is 6.48. The molecule has 0 radical (unpaired) electrons. The third kappa shape index (κ3) is 5.50. The van der Waals surface area contributed by atoms with Crippen LogP contribution in [0.4, 0.5) is 0 Å². The molecule has 1 aromatic rings. The van der Waals surface area contributed by atoms with E-state index in [1.165, 1.54) is 23.1 Å². The number of carbonyl (C=O) groups excluding carboxylic acids is 2. The van der Waals surface area contributed by atoms with Crippen molar-refractivity contribution >= 4 is 34.9 Å². The standard InChI is InChI=1S/C13H21N3O2S2/c1-7(2)6-15-12(18)9(4)19-13-16-8(3)10(20-13)5-11(14)17/h7,9H,5-6H2,1-4H3,(H2,14,17)(H,15,18). The number of thioether (sulfide) groups is 1. The second-order valence-electron chi connectivity index (χ2n) is 5.03. The fourth-order valence-corrected chi connectivity index (χ4v) is 3.84. The Bertz CT molecular complexity index is 486. The van der Waals surface area contributed by atoms with Gasteiger partial charge in [0.2, 0.25) is 11.8 Å². The van der Waals surface area contributed by atoms with Gasteiger partial charge in [-0.2, -0.15) is 0 Å². The number of primary amides is 1. The van der Waals surface area contributed by atoms with Crippen LogP contribution in [0, 0.1) is 12.8 Å². The minimum atomic E-state index is -0.365. The van der Waals surface area contributed by atoms with Crippen molar-refractivity contribution < 1.29 is 9.59 Å². The van der Waals surface area contributed by atoms with Crippen molar-refractivity contribution in [1.82, 2.24) is 10.3 Å². The van der Waals surface area contributed by atoms with Crippen molar-refractivity contribution in [3.8, 4) is 0 Å². The monoisotopic (exact) mass is 315 g/mol. The first-order valence-corrected chi connectivity index (χ1v) is 8.18. The molecule has 0 spiro atoms. The fraction of sp³-hybridized carbons (Fsp3) is 0.615. The number of hydrogen-bond acceptors (Lipinski definition) is 5. The van der Waals surface area contributed by atoms with E-state index >= 15 is 0 Å². The Balaban J connectivity index is 2.59. The number of rotatable bonds is 7. The van der Waals surface area contributed by atoms with E-state index in [4.69, 9.17) is 5.73 Å². The molecule has 5 nitrogen and oxygen atoms in total. The van der Waals surface area contributed by atoms with Gasteiger partial charge >= 0.3 is 0 Å². The van der Waals surface area contributed by atoms with Gasteiger partial charge in [0.05, 0.1) is 17.4 Å². The lowest BCUT2D eigenvalue weighted by Gasteiger charge is -2.11. The highest BCUT2D eigenvalue weighted by atomic mass is 32.2. The van der Waals surface area contributed by atoms with Crippen LogP contribution < -0.4 is 11.1 Å². The highest BCUT2D eigenvalue weighted by Crippen LogP contribution is 2.30. The molecular formula is C13H21N3O2S2. The number of hydrogen-bond donors (Lipinski definition) is 2. The maximum Gasteiger partial charge on any atom is 0.233 e. The molecular weight excluding hydrogens is 294 g/mol. The van der Waals surface area contributed by atoms with Crippen molar-refractivity contribution in [3.63, 3.8) is 0 Å². The van der Waals surface area contributed by atoms with Gasteiger partial charge in [-0.15, -0.1) is 11.3 Å². The van der Waals surface area contributed by atoms with Crippen molar-refractivity contribution in [1.29, 1.82) is 0 Å². The number of aryl methyl sites for hydroxylation is 1. The molecule has 0 aliphatic carbocycles. The summed E-state index contributed by atoms with van der Waals surface area (Å²) in [4.78, 5) is 28.1. The number of amides is 2. The van der Waals surface area contributed by atoms with Gasteiger partial charge in [0, 0.05) is 11.4 Å². The van der Waals surface area contributed by atoms with Crippen LogP contribution in [0.5, 0.6) is 0 Å². The minimum Gasteiger partial charge on any atom is -0.369 e. The molecule has 1 atom stereocenters. The molecule has 1 rings (SSSR count). The predicted octanol–water partition coefficient (Wildman–Crippen LogP) is 1.73. The van der Waals surface area contributed by atoms with Gasteiger partial charge in [-0.25, -0.2) is 4.98 Å². The molecule has 0 aliphatic rings. The molecule has 0 saturated carbocycles. The van der Waals surface area contributed by atoms with E-state index in [-0.39, 0.29) is 23.5 Å². The van der Waals surface area contributed by atoms with E-state index in [0.29, 0.717) is 12.5 Å². The Labute approximate surface area is 127 Å². The summed E-state index contributed by atoms with van der Waals surface area (Å²) < 4.78 is 0.797. The second-order valence-corrected chi connectivity index (χ2v) is 7.70.